The lowest BCUT2D eigenvalue weighted by atomic mass is 9.97. The van der Waals surface area contributed by atoms with Gasteiger partial charge in [0.1, 0.15) is 29.6 Å². The van der Waals surface area contributed by atoms with E-state index in [1.165, 1.54) is 0 Å². The Hall–Kier alpha value is -3.88. The third kappa shape index (κ3) is 3.45. The predicted molar refractivity (Wildman–Crippen MR) is 122 cm³/mol. The fraction of sp³-hybridized carbons (Fsp3) is 0.167. The number of ketones is 1. The van der Waals surface area contributed by atoms with Gasteiger partial charge in [-0.05, 0) is 42.4 Å². The highest BCUT2D eigenvalue weighted by atomic mass is 16.1. The molecule has 5 rings (SSSR count). The number of carbonyl (C=O) groups excluding carboxylic acids is 1. The van der Waals surface area contributed by atoms with Crippen LogP contribution in [0.5, 0.6) is 0 Å². The lowest BCUT2D eigenvalue weighted by Crippen LogP contribution is -2.20. The van der Waals surface area contributed by atoms with Gasteiger partial charge in [-0.15, -0.1) is 0 Å². The minimum Gasteiger partial charge on any atom is -0.326 e. The number of nitrogens with one attached hydrogen (secondary N) is 1. The molecule has 3 N–H and O–H groups in total. The van der Waals surface area contributed by atoms with E-state index >= 15 is 0 Å². The number of carbonyl (C=O) groups is 1. The lowest BCUT2D eigenvalue weighted by molar-refractivity contribution is 0.0953. The second-order valence-corrected chi connectivity index (χ2v) is 7.60. The molecular formula is C24H23N7O. The van der Waals surface area contributed by atoms with Crippen molar-refractivity contribution in [2.24, 2.45) is 10.7 Å². The maximum atomic E-state index is 13.5. The van der Waals surface area contributed by atoms with Crippen LogP contribution in [0.15, 0.2) is 72.2 Å². The summed E-state index contributed by atoms with van der Waals surface area (Å²) in [5, 5.41) is 3.12. The van der Waals surface area contributed by atoms with Crippen LogP contribution in [-0.2, 0) is 13.1 Å². The Labute approximate surface area is 185 Å². The third-order valence-electron chi connectivity index (χ3n) is 5.59. The first-order chi connectivity index (χ1) is 15.7. The van der Waals surface area contributed by atoms with Crippen molar-refractivity contribution in [2.75, 3.05) is 7.05 Å². The molecule has 1 aliphatic rings. The van der Waals surface area contributed by atoms with Crippen molar-refractivity contribution in [3.8, 4) is 11.4 Å². The predicted octanol–water partition coefficient (Wildman–Crippen LogP) is 2.59. The van der Waals surface area contributed by atoms with Crippen LogP contribution in [0.2, 0.25) is 0 Å². The number of fused-ring (bicyclic) bond motifs is 1. The number of hydrogen-bond donors (Lipinski definition) is 2. The van der Waals surface area contributed by atoms with Gasteiger partial charge in [0.25, 0.3) is 0 Å². The average molecular weight is 425 g/mol. The van der Waals surface area contributed by atoms with Gasteiger partial charge in [-0.2, -0.15) is 0 Å². The topological polar surface area (TPSA) is 103 Å². The van der Waals surface area contributed by atoms with Crippen molar-refractivity contribution in [3.63, 3.8) is 0 Å². The molecule has 0 spiro atoms. The van der Waals surface area contributed by atoms with Gasteiger partial charge >= 0.3 is 0 Å². The van der Waals surface area contributed by atoms with Crippen molar-refractivity contribution < 1.29 is 4.79 Å². The highest BCUT2D eigenvalue weighted by Crippen LogP contribution is 2.29. The summed E-state index contributed by atoms with van der Waals surface area (Å²) < 4.78 is 3.84. The highest BCUT2D eigenvalue weighted by Gasteiger charge is 2.30. The first-order valence-corrected chi connectivity index (χ1v) is 10.4. The molecular weight excluding hydrogens is 402 g/mol. The van der Waals surface area contributed by atoms with Gasteiger partial charge in [0.05, 0.1) is 12.8 Å². The summed E-state index contributed by atoms with van der Waals surface area (Å²) in [6.07, 6.45) is 7.04. The Morgan fingerprint density at radius 1 is 1.06 bits per heavy atom. The molecule has 0 bridgehead atoms. The molecule has 0 saturated heterocycles. The van der Waals surface area contributed by atoms with E-state index in [-0.39, 0.29) is 5.78 Å². The molecule has 0 aliphatic carbocycles. The monoisotopic (exact) mass is 425 g/mol. The van der Waals surface area contributed by atoms with E-state index in [1.807, 2.05) is 70.9 Å². The molecule has 8 heteroatoms. The van der Waals surface area contributed by atoms with Crippen LogP contribution in [0.1, 0.15) is 39.2 Å². The smallest absolute Gasteiger partial charge is 0.210 e. The number of hydrogen-bond acceptors (Lipinski definition) is 6. The largest absolute Gasteiger partial charge is 0.326 e. The zero-order valence-electron chi connectivity index (χ0n) is 17.6. The fourth-order valence-electron chi connectivity index (χ4n) is 3.99. The number of benzene rings is 2. The molecule has 0 amide bonds. The van der Waals surface area contributed by atoms with Gasteiger partial charge in [-0.25, -0.2) is 9.97 Å². The van der Waals surface area contributed by atoms with Crippen LogP contribution in [0.25, 0.3) is 11.4 Å². The summed E-state index contributed by atoms with van der Waals surface area (Å²) in [7, 11) is 1.89. The molecule has 3 heterocycles. The van der Waals surface area contributed by atoms with Crippen molar-refractivity contribution in [3.05, 3.63) is 95.6 Å². The van der Waals surface area contributed by atoms with Crippen LogP contribution in [0.3, 0.4) is 0 Å². The van der Waals surface area contributed by atoms with Crippen molar-refractivity contribution in [2.45, 2.75) is 19.1 Å². The molecule has 160 valence electrons. The first kappa shape index (κ1) is 20.0. The van der Waals surface area contributed by atoms with Crippen molar-refractivity contribution in [1.29, 1.82) is 0 Å². The van der Waals surface area contributed by atoms with E-state index in [1.54, 1.807) is 18.7 Å². The minimum absolute atomic E-state index is 0.0793. The second-order valence-electron chi connectivity index (χ2n) is 7.60. The molecule has 32 heavy (non-hydrogen) atoms. The first-order valence-electron chi connectivity index (χ1n) is 10.4. The Balaban J connectivity index is 1.46. The summed E-state index contributed by atoms with van der Waals surface area (Å²) in [5.41, 5.74) is 10.6. The van der Waals surface area contributed by atoms with E-state index in [0.717, 1.165) is 28.3 Å². The van der Waals surface area contributed by atoms with Crippen molar-refractivity contribution >= 4 is 12.0 Å². The van der Waals surface area contributed by atoms with E-state index in [9.17, 15) is 4.79 Å². The third-order valence-corrected chi connectivity index (χ3v) is 5.59. The number of imidazole rings is 2. The Kier molecular flexibility index (Phi) is 5.22. The standard InChI is InChI=1S/C24H23N7O/c1-26-14-21-27-9-10-30(21)18-7-5-17(6-8-18)22-24(32)23-20(13-28-22)29-15-31(23)19-4-2-3-16(11-19)12-25/h2-11,13,15,22,26H,12,14,25H2,1H3. The molecule has 2 aromatic heterocycles. The molecule has 1 atom stereocenters. The molecule has 1 unspecified atom stereocenters. The van der Waals surface area contributed by atoms with E-state index < -0.39 is 6.04 Å². The van der Waals surface area contributed by atoms with Gasteiger partial charge in [0.2, 0.25) is 5.78 Å². The van der Waals surface area contributed by atoms with E-state index in [4.69, 9.17) is 5.73 Å². The summed E-state index contributed by atoms with van der Waals surface area (Å²) in [5.74, 6) is 0.838. The average Bonchev–Trinajstić information content (AvgIpc) is 3.47. The molecule has 1 aliphatic heterocycles. The summed E-state index contributed by atoms with van der Waals surface area (Å²) in [6.45, 7) is 1.10. The lowest BCUT2D eigenvalue weighted by Gasteiger charge is -2.18. The fourth-order valence-corrected chi connectivity index (χ4v) is 3.99. The highest BCUT2D eigenvalue weighted by molar-refractivity contribution is 6.08. The van der Waals surface area contributed by atoms with Crippen LogP contribution >= 0.6 is 0 Å². The van der Waals surface area contributed by atoms with Crippen LogP contribution < -0.4 is 11.1 Å². The zero-order valence-corrected chi connectivity index (χ0v) is 17.6. The maximum Gasteiger partial charge on any atom is 0.210 e. The van der Waals surface area contributed by atoms with E-state index in [2.05, 4.69) is 20.3 Å². The summed E-state index contributed by atoms with van der Waals surface area (Å²) in [4.78, 5) is 26.7. The van der Waals surface area contributed by atoms with Gasteiger partial charge in [0.15, 0.2) is 0 Å². The second kappa shape index (κ2) is 8.33. The van der Waals surface area contributed by atoms with Crippen LogP contribution in [0, 0.1) is 0 Å². The Bertz CT molecular complexity index is 1300. The number of rotatable bonds is 6. The molecule has 0 saturated carbocycles. The number of nitrogens with zero attached hydrogens (tertiary/aromatic N) is 5. The van der Waals surface area contributed by atoms with Crippen LogP contribution in [-0.4, -0.2) is 38.1 Å². The molecule has 0 radical (unpaired) electrons. The molecule has 8 nitrogen and oxygen atoms in total. The summed E-state index contributed by atoms with van der Waals surface area (Å²) >= 11 is 0. The molecule has 2 aromatic carbocycles. The van der Waals surface area contributed by atoms with E-state index in [0.29, 0.717) is 24.5 Å². The SMILES string of the molecule is CNCc1nccn1-c1ccc(C2N=Cc3ncn(-c4cccc(CN)c4)c3C2=O)cc1. The molecule has 4 aromatic rings. The quantitative estimate of drug-likeness (QED) is 0.494. The Morgan fingerprint density at radius 2 is 1.91 bits per heavy atom. The number of aromatic nitrogens is 4. The van der Waals surface area contributed by atoms with Crippen LogP contribution in [0.4, 0.5) is 0 Å². The van der Waals surface area contributed by atoms with Crippen molar-refractivity contribution in [1.82, 2.24) is 24.4 Å². The number of nitrogens with two attached hydrogens (primary N) is 1. The van der Waals surface area contributed by atoms with Gasteiger partial charge in [0, 0.05) is 30.3 Å². The number of Topliss-reactive ketones (excluding diaryl/α,β-unsaturated/α-hetero) is 1. The minimum atomic E-state index is -0.607. The van der Waals surface area contributed by atoms with Gasteiger partial charge < -0.3 is 15.6 Å². The maximum absolute atomic E-state index is 13.5. The Morgan fingerprint density at radius 3 is 2.69 bits per heavy atom. The normalized spacial score (nSPS) is 15.2. The van der Waals surface area contributed by atoms with Gasteiger partial charge in [-0.1, -0.05) is 24.3 Å². The molecule has 0 fully saturated rings. The number of aliphatic imine (C=N–C) groups is 1. The van der Waals surface area contributed by atoms with Gasteiger partial charge in [-0.3, -0.25) is 14.4 Å². The zero-order chi connectivity index (χ0) is 22.1. The summed E-state index contributed by atoms with van der Waals surface area (Å²) in [6, 6.07) is 15.1.